The standard InChI is InChI=1S/C17H22N2O/c1-3-9-18-17-12-15(8-10-19-17)13-20-16-7-5-6-14(4-2)11-16/h5-8,10-12H,3-4,9,13H2,1-2H3,(H,18,19). The Balaban J connectivity index is 1.95. The number of pyridine rings is 1. The molecule has 0 amide bonds. The fraction of sp³-hybridized carbons (Fsp3) is 0.353. The molecule has 0 aliphatic heterocycles. The van der Waals surface area contributed by atoms with Crippen molar-refractivity contribution in [1.29, 1.82) is 0 Å². The van der Waals surface area contributed by atoms with Gasteiger partial charge in [-0.25, -0.2) is 4.98 Å². The number of benzene rings is 1. The molecule has 106 valence electrons. The normalized spacial score (nSPS) is 10.3. The van der Waals surface area contributed by atoms with Crippen molar-refractivity contribution >= 4 is 5.82 Å². The van der Waals surface area contributed by atoms with Gasteiger partial charge in [-0.05, 0) is 48.2 Å². The predicted molar refractivity (Wildman–Crippen MR) is 83.2 cm³/mol. The first-order valence-electron chi connectivity index (χ1n) is 7.22. The van der Waals surface area contributed by atoms with Gasteiger partial charge in [-0.15, -0.1) is 0 Å². The first kappa shape index (κ1) is 14.4. The molecule has 0 atom stereocenters. The molecule has 1 N–H and O–H groups in total. The molecule has 3 heteroatoms. The van der Waals surface area contributed by atoms with Gasteiger partial charge in [0, 0.05) is 12.7 Å². The Morgan fingerprint density at radius 3 is 2.80 bits per heavy atom. The maximum absolute atomic E-state index is 5.84. The van der Waals surface area contributed by atoms with Gasteiger partial charge < -0.3 is 10.1 Å². The molecule has 0 bridgehead atoms. The minimum absolute atomic E-state index is 0.566. The van der Waals surface area contributed by atoms with Gasteiger partial charge in [0.1, 0.15) is 18.2 Å². The molecule has 2 aromatic rings. The molecule has 20 heavy (non-hydrogen) atoms. The summed E-state index contributed by atoms with van der Waals surface area (Å²) in [5, 5.41) is 3.28. The highest BCUT2D eigenvalue weighted by atomic mass is 16.5. The summed E-state index contributed by atoms with van der Waals surface area (Å²) >= 11 is 0. The molecule has 0 radical (unpaired) electrons. The van der Waals surface area contributed by atoms with Crippen molar-refractivity contribution in [3.63, 3.8) is 0 Å². The maximum Gasteiger partial charge on any atom is 0.126 e. The Bertz CT molecular complexity index is 540. The molecular formula is C17H22N2O. The van der Waals surface area contributed by atoms with E-state index in [0.717, 1.165) is 36.5 Å². The fourth-order valence-electron chi connectivity index (χ4n) is 1.94. The van der Waals surface area contributed by atoms with E-state index in [9.17, 15) is 0 Å². The van der Waals surface area contributed by atoms with Crippen LogP contribution in [0, 0.1) is 0 Å². The highest BCUT2D eigenvalue weighted by Gasteiger charge is 1.99. The minimum atomic E-state index is 0.566. The van der Waals surface area contributed by atoms with E-state index < -0.39 is 0 Å². The van der Waals surface area contributed by atoms with Gasteiger partial charge in [-0.2, -0.15) is 0 Å². The predicted octanol–water partition coefficient (Wildman–Crippen LogP) is 4.04. The van der Waals surface area contributed by atoms with E-state index in [2.05, 4.69) is 36.3 Å². The Morgan fingerprint density at radius 2 is 2.00 bits per heavy atom. The van der Waals surface area contributed by atoms with Crippen LogP contribution in [-0.4, -0.2) is 11.5 Å². The average Bonchev–Trinajstić information content (AvgIpc) is 2.51. The monoisotopic (exact) mass is 270 g/mol. The first-order chi connectivity index (χ1) is 9.81. The molecule has 0 aliphatic rings. The van der Waals surface area contributed by atoms with Crippen LogP contribution in [0.3, 0.4) is 0 Å². The second-order valence-electron chi connectivity index (χ2n) is 4.77. The van der Waals surface area contributed by atoms with Crippen LogP contribution < -0.4 is 10.1 Å². The summed E-state index contributed by atoms with van der Waals surface area (Å²) < 4.78 is 5.84. The quantitative estimate of drug-likeness (QED) is 0.824. The Morgan fingerprint density at radius 1 is 1.10 bits per heavy atom. The molecule has 0 saturated carbocycles. The third kappa shape index (κ3) is 4.26. The summed E-state index contributed by atoms with van der Waals surface area (Å²) in [7, 11) is 0. The van der Waals surface area contributed by atoms with E-state index in [-0.39, 0.29) is 0 Å². The molecule has 0 saturated heterocycles. The van der Waals surface area contributed by atoms with Crippen molar-refractivity contribution in [2.75, 3.05) is 11.9 Å². The van der Waals surface area contributed by atoms with Crippen LogP contribution in [-0.2, 0) is 13.0 Å². The number of ether oxygens (including phenoxy) is 1. The van der Waals surface area contributed by atoms with Gasteiger partial charge in [0.25, 0.3) is 0 Å². The lowest BCUT2D eigenvalue weighted by atomic mass is 10.2. The van der Waals surface area contributed by atoms with Crippen LogP contribution in [0.2, 0.25) is 0 Å². The number of aryl methyl sites for hydroxylation is 1. The largest absolute Gasteiger partial charge is 0.489 e. The molecule has 2 rings (SSSR count). The summed E-state index contributed by atoms with van der Waals surface area (Å²) in [6, 6.07) is 12.3. The Kier molecular flexibility index (Phi) is 5.42. The summed E-state index contributed by atoms with van der Waals surface area (Å²) in [6.45, 7) is 5.79. The van der Waals surface area contributed by atoms with Crippen molar-refractivity contribution in [3.8, 4) is 5.75 Å². The molecule has 0 spiro atoms. The molecule has 1 aromatic heterocycles. The zero-order valence-corrected chi connectivity index (χ0v) is 12.2. The van der Waals surface area contributed by atoms with Crippen LogP contribution in [0.4, 0.5) is 5.82 Å². The summed E-state index contributed by atoms with van der Waals surface area (Å²) in [6.07, 6.45) is 3.93. The number of hydrogen-bond donors (Lipinski definition) is 1. The highest BCUT2D eigenvalue weighted by molar-refractivity contribution is 5.37. The summed E-state index contributed by atoms with van der Waals surface area (Å²) in [5.74, 6) is 1.83. The van der Waals surface area contributed by atoms with E-state index in [0.29, 0.717) is 6.61 Å². The van der Waals surface area contributed by atoms with Crippen LogP contribution in [0.5, 0.6) is 5.75 Å². The SMILES string of the molecule is CCCNc1cc(COc2cccc(CC)c2)ccn1. The Labute approximate surface area is 121 Å². The van der Waals surface area contributed by atoms with Crippen LogP contribution in [0.25, 0.3) is 0 Å². The van der Waals surface area contributed by atoms with Gasteiger partial charge in [-0.3, -0.25) is 0 Å². The van der Waals surface area contributed by atoms with E-state index in [1.54, 1.807) is 0 Å². The Hall–Kier alpha value is -2.03. The lowest BCUT2D eigenvalue weighted by Gasteiger charge is -2.09. The molecule has 3 nitrogen and oxygen atoms in total. The average molecular weight is 270 g/mol. The smallest absolute Gasteiger partial charge is 0.126 e. The third-order valence-electron chi connectivity index (χ3n) is 3.09. The number of nitrogens with one attached hydrogen (secondary N) is 1. The van der Waals surface area contributed by atoms with E-state index >= 15 is 0 Å². The number of hydrogen-bond acceptors (Lipinski definition) is 3. The van der Waals surface area contributed by atoms with Crippen molar-refractivity contribution in [2.45, 2.75) is 33.3 Å². The second kappa shape index (κ2) is 7.53. The van der Waals surface area contributed by atoms with Crippen molar-refractivity contribution in [2.24, 2.45) is 0 Å². The van der Waals surface area contributed by atoms with Gasteiger partial charge in [0.15, 0.2) is 0 Å². The summed E-state index contributed by atoms with van der Waals surface area (Å²) in [5.41, 5.74) is 2.42. The van der Waals surface area contributed by atoms with E-state index in [4.69, 9.17) is 4.74 Å². The van der Waals surface area contributed by atoms with Gasteiger partial charge in [-0.1, -0.05) is 26.0 Å². The van der Waals surface area contributed by atoms with Crippen molar-refractivity contribution in [1.82, 2.24) is 4.98 Å². The number of rotatable bonds is 7. The van der Waals surface area contributed by atoms with Gasteiger partial charge in [0.05, 0.1) is 0 Å². The molecule has 0 aliphatic carbocycles. The molecule has 0 unspecified atom stereocenters. The lowest BCUT2D eigenvalue weighted by molar-refractivity contribution is 0.306. The van der Waals surface area contributed by atoms with Crippen LogP contribution in [0.15, 0.2) is 42.6 Å². The zero-order chi connectivity index (χ0) is 14.2. The number of nitrogens with zero attached hydrogens (tertiary/aromatic N) is 1. The topological polar surface area (TPSA) is 34.1 Å². The number of anilines is 1. The second-order valence-corrected chi connectivity index (χ2v) is 4.77. The molecular weight excluding hydrogens is 248 g/mol. The lowest BCUT2D eigenvalue weighted by Crippen LogP contribution is -2.03. The minimum Gasteiger partial charge on any atom is -0.489 e. The molecule has 1 heterocycles. The van der Waals surface area contributed by atoms with Gasteiger partial charge >= 0.3 is 0 Å². The highest BCUT2D eigenvalue weighted by Crippen LogP contribution is 2.16. The number of aromatic nitrogens is 1. The van der Waals surface area contributed by atoms with Crippen molar-refractivity contribution in [3.05, 3.63) is 53.7 Å². The van der Waals surface area contributed by atoms with Crippen LogP contribution >= 0.6 is 0 Å². The van der Waals surface area contributed by atoms with E-state index in [1.807, 2.05) is 30.5 Å². The fourth-order valence-corrected chi connectivity index (χ4v) is 1.94. The summed E-state index contributed by atoms with van der Waals surface area (Å²) in [4.78, 5) is 4.29. The van der Waals surface area contributed by atoms with Gasteiger partial charge in [0.2, 0.25) is 0 Å². The maximum atomic E-state index is 5.84. The third-order valence-corrected chi connectivity index (χ3v) is 3.09. The first-order valence-corrected chi connectivity index (χ1v) is 7.22. The molecule has 1 aromatic carbocycles. The molecule has 0 fully saturated rings. The van der Waals surface area contributed by atoms with Crippen LogP contribution in [0.1, 0.15) is 31.4 Å². The zero-order valence-electron chi connectivity index (χ0n) is 12.2. The van der Waals surface area contributed by atoms with E-state index in [1.165, 1.54) is 5.56 Å². The van der Waals surface area contributed by atoms with Crippen molar-refractivity contribution < 1.29 is 4.74 Å².